The summed E-state index contributed by atoms with van der Waals surface area (Å²) < 4.78 is 10.3. The van der Waals surface area contributed by atoms with E-state index in [0.29, 0.717) is 6.04 Å². The highest BCUT2D eigenvalue weighted by Crippen LogP contribution is 2.32. The first-order valence-electron chi connectivity index (χ1n) is 6.35. The molecule has 1 aliphatic heterocycles. The number of fused-ring (bicyclic) bond motifs is 1. The van der Waals surface area contributed by atoms with Crippen LogP contribution >= 0.6 is 0 Å². The molecule has 0 aromatic heterocycles. The van der Waals surface area contributed by atoms with Gasteiger partial charge in [0.2, 0.25) is 0 Å². The highest BCUT2D eigenvalue weighted by molar-refractivity contribution is 5.97. The second-order valence-corrected chi connectivity index (χ2v) is 4.85. The third-order valence-electron chi connectivity index (χ3n) is 3.52. The Kier molecular flexibility index (Phi) is 2.96. The van der Waals surface area contributed by atoms with Crippen LogP contribution in [0.3, 0.4) is 0 Å². The molecule has 3 rings (SSSR count). The molecule has 0 atom stereocenters. The van der Waals surface area contributed by atoms with E-state index in [1.165, 1.54) is 0 Å². The first-order valence-corrected chi connectivity index (χ1v) is 6.35. The average Bonchev–Trinajstić information content (AvgIpc) is 3.21. The van der Waals surface area contributed by atoms with E-state index in [1.54, 1.807) is 7.11 Å². The molecular weight excluding hydrogens is 230 g/mol. The molecule has 1 saturated carbocycles. The monoisotopic (exact) mass is 247 g/mol. The Morgan fingerprint density at radius 3 is 2.94 bits per heavy atom. The highest BCUT2D eigenvalue weighted by atomic mass is 16.7. The molecule has 0 spiro atoms. The summed E-state index contributed by atoms with van der Waals surface area (Å²) in [6.07, 6.45) is 3.24. The summed E-state index contributed by atoms with van der Waals surface area (Å²) in [5.41, 5.74) is 1.92. The molecule has 18 heavy (non-hydrogen) atoms. The number of amides is 1. The Bertz CT molecular complexity index is 468. The Morgan fingerprint density at radius 2 is 2.22 bits per heavy atom. The second kappa shape index (κ2) is 4.61. The first-order chi connectivity index (χ1) is 8.79. The first kappa shape index (κ1) is 11.5. The zero-order valence-electron chi connectivity index (χ0n) is 10.5. The third kappa shape index (κ3) is 2.08. The Morgan fingerprint density at radius 1 is 1.39 bits per heavy atom. The van der Waals surface area contributed by atoms with Gasteiger partial charge in [0.15, 0.2) is 6.79 Å². The predicted octanol–water partition coefficient (Wildman–Crippen LogP) is 1.83. The van der Waals surface area contributed by atoms with Gasteiger partial charge in [0, 0.05) is 25.3 Å². The molecule has 0 radical (unpaired) electrons. The second-order valence-electron chi connectivity index (χ2n) is 4.85. The number of methoxy groups -OCH3 is 1. The van der Waals surface area contributed by atoms with Crippen LogP contribution in [0.5, 0.6) is 5.75 Å². The van der Waals surface area contributed by atoms with Gasteiger partial charge in [-0.05, 0) is 43.0 Å². The predicted molar refractivity (Wildman–Crippen MR) is 66.7 cm³/mol. The van der Waals surface area contributed by atoms with Crippen LogP contribution in [0.15, 0.2) is 18.2 Å². The van der Waals surface area contributed by atoms with E-state index >= 15 is 0 Å². The minimum atomic E-state index is 0.178. The summed E-state index contributed by atoms with van der Waals surface area (Å²) in [6, 6.07) is 6.16. The number of hydrogen-bond acceptors (Lipinski definition) is 3. The van der Waals surface area contributed by atoms with Crippen LogP contribution in [0.1, 0.15) is 28.8 Å². The van der Waals surface area contributed by atoms with Crippen molar-refractivity contribution in [1.82, 2.24) is 4.90 Å². The molecule has 1 heterocycles. The number of carbonyl (C=O) groups is 1. The SMILES string of the molecule is COCOc1ccc2c(c1)CCN(C1CC1)C2=O. The molecule has 0 saturated heterocycles. The lowest BCUT2D eigenvalue weighted by atomic mass is 9.98. The van der Waals surface area contributed by atoms with E-state index in [0.717, 1.165) is 42.7 Å². The quantitative estimate of drug-likeness (QED) is 0.762. The zero-order chi connectivity index (χ0) is 12.5. The van der Waals surface area contributed by atoms with Gasteiger partial charge in [0.25, 0.3) is 5.91 Å². The topological polar surface area (TPSA) is 38.8 Å². The molecule has 1 amide bonds. The minimum absolute atomic E-state index is 0.178. The maximum Gasteiger partial charge on any atom is 0.254 e. The molecule has 0 N–H and O–H groups in total. The van der Waals surface area contributed by atoms with E-state index in [1.807, 2.05) is 23.1 Å². The molecule has 4 nitrogen and oxygen atoms in total. The van der Waals surface area contributed by atoms with Crippen molar-refractivity contribution in [3.8, 4) is 5.75 Å². The van der Waals surface area contributed by atoms with Gasteiger partial charge in [-0.2, -0.15) is 0 Å². The smallest absolute Gasteiger partial charge is 0.254 e. The van der Waals surface area contributed by atoms with Gasteiger partial charge in [0.05, 0.1) is 0 Å². The van der Waals surface area contributed by atoms with Gasteiger partial charge >= 0.3 is 0 Å². The molecule has 1 aliphatic carbocycles. The van der Waals surface area contributed by atoms with E-state index in [-0.39, 0.29) is 12.7 Å². The van der Waals surface area contributed by atoms with Crippen LogP contribution in [0.25, 0.3) is 0 Å². The maximum atomic E-state index is 12.3. The van der Waals surface area contributed by atoms with Crippen LogP contribution in [0.2, 0.25) is 0 Å². The Hall–Kier alpha value is -1.55. The zero-order valence-corrected chi connectivity index (χ0v) is 10.5. The fourth-order valence-corrected chi connectivity index (χ4v) is 2.43. The molecule has 0 bridgehead atoms. The lowest BCUT2D eigenvalue weighted by Crippen LogP contribution is -2.39. The van der Waals surface area contributed by atoms with Crippen molar-refractivity contribution in [3.63, 3.8) is 0 Å². The standard InChI is InChI=1S/C14H17NO3/c1-17-9-18-12-4-5-13-10(8-12)6-7-15(14(13)16)11-2-3-11/h4-5,8,11H,2-3,6-7,9H2,1H3. The van der Waals surface area contributed by atoms with Gasteiger partial charge in [-0.15, -0.1) is 0 Å². The number of rotatable bonds is 4. The lowest BCUT2D eigenvalue weighted by Gasteiger charge is -2.28. The van der Waals surface area contributed by atoms with Crippen molar-refractivity contribution >= 4 is 5.91 Å². The van der Waals surface area contributed by atoms with E-state index in [4.69, 9.17) is 9.47 Å². The van der Waals surface area contributed by atoms with E-state index in [2.05, 4.69) is 0 Å². The van der Waals surface area contributed by atoms with Crippen molar-refractivity contribution < 1.29 is 14.3 Å². The van der Waals surface area contributed by atoms with Crippen LogP contribution in [-0.4, -0.2) is 37.3 Å². The van der Waals surface area contributed by atoms with Crippen LogP contribution in [0, 0.1) is 0 Å². The maximum absolute atomic E-state index is 12.3. The minimum Gasteiger partial charge on any atom is -0.468 e. The largest absolute Gasteiger partial charge is 0.468 e. The summed E-state index contributed by atoms with van der Waals surface area (Å²) in [5, 5.41) is 0. The van der Waals surface area contributed by atoms with Crippen molar-refractivity contribution in [2.24, 2.45) is 0 Å². The molecule has 2 aliphatic rings. The Labute approximate surface area is 106 Å². The Balaban J connectivity index is 1.81. The number of hydrogen-bond donors (Lipinski definition) is 0. The molecular formula is C14H17NO3. The van der Waals surface area contributed by atoms with E-state index in [9.17, 15) is 4.79 Å². The fraction of sp³-hybridized carbons (Fsp3) is 0.500. The van der Waals surface area contributed by atoms with Crippen molar-refractivity contribution in [3.05, 3.63) is 29.3 Å². The van der Waals surface area contributed by atoms with E-state index < -0.39 is 0 Å². The van der Waals surface area contributed by atoms with Gasteiger partial charge in [0.1, 0.15) is 5.75 Å². The van der Waals surface area contributed by atoms with Crippen LogP contribution in [-0.2, 0) is 11.2 Å². The normalized spacial score (nSPS) is 18.7. The summed E-state index contributed by atoms with van der Waals surface area (Å²) in [4.78, 5) is 14.3. The van der Waals surface area contributed by atoms with Crippen LogP contribution < -0.4 is 4.74 Å². The third-order valence-corrected chi connectivity index (χ3v) is 3.52. The summed E-state index contributed by atoms with van der Waals surface area (Å²) in [7, 11) is 1.59. The highest BCUT2D eigenvalue weighted by Gasteiger charge is 2.35. The van der Waals surface area contributed by atoms with Crippen molar-refractivity contribution in [2.75, 3.05) is 20.4 Å². The molecule has 1 aromatic rings. The number of nitrogens with zero attached hydrogens (tertiary/aromatic N) is 1. The fourth-order valence-electron chi connectivity index (χ4n) is 2.43. The van der Waals surface area contributed by atoms with Gasteiger partial charge < -0.3 is 14.4 Å². The number of ether oxygens (including phenoxy) is 2. The molecule has 1 fully saturated rings. The van der Waals surface area contributed by atoms with Gasteiger partial charge in [-0.3, -0.25) is 4.79 Å². The molecule has 1 aromatic carbocycles. The number of carbonyl (C=O) groups excluding carboxylic acids is 1. The number of benzene rings is 1. The summed E-state index contributed by atoms with van der Waals surface area (Å²) in [5.74, 6) is 0.945. The van der Waals surface area contributed by atoms with Crippen molar-refractivity contribution in [2.45, 2.75) is 25.3 Å². The molecule has 0 unspecified atom stereocenters. The summed E-state index contributed by atoms with van der Waals surface area (Å²) in [6.45, 7) is 1.07. The average molecular weight is 247 g/mol. The summed E-state index contributed by atoms with van der Waals surface area (Å²) >= 11 is 0. The van der Waals surface area contributed by atoms with Gasteiger partial charge in [-0.25, -0.2) is 0 Å². The van der Waals surface area contributed by atoms with Crippen LogP contribution in [0.4, 0.5) is 0 Å². The lowest BCUT2D eigenvalue weighted by molar-refractivity contribution is 0.0510. The van der Waals surface area contributed by atoms with Crippen molar-refractivity contribution in [1.29, 1.82) is 0 Å². The molecule has 96 valence electrons. The molecule has 4 heteroatoms. The van der Waals surface area contributed by atoms with Gasteiger partial charge in [-0.1, -0.05) is 0 Å².